The average Bonchev–Trinajstić information content (AvgIpc) is 3.01. The van der Waals surface area contributed by atoms with Gasteiger partial charge in [0.2, 0.25) is 0 Å². The summed E-state index contributed by atoms with van der Waals surface area (Å²) in [6.45, 7) is 5.70. The number of benzene rings is 3. The maximum atomic E-state index is 13.8. The molecule has 0 bridgehead atoms. The van der Waals surface area contributed by atoms with Gasteiger partial charge in [-0.25, -0.2) is 4.79 Å². The lowest BCUT2D eigenvalue weighted by atomic mass is 9.94. The molecule has 3 aromatic carbocycles. The van der Waals surface area contributed by atoms with Crippen LogP contribution in [0.5, 0.6) is 0 Å². The van der Waals surface area contributed by atoms with E-state index in [1.54, 1.807) is 19.1 Å². The van der Waals surface area contributed by atoms with Gasteiger partial charge in [-0.15, -0.1) is 4.36 Å². The summed E-state index contributed by atoms with van der Waals surface area (Å²) in [5, 5.41) is 3.16. The van der Waals surface area contributed by atoms with E-state index < -0.39 is 16.5 Å². The monoisotopic (exact) mass is 617 g/mol. The maximum absolute atomic E-state index is 13.8. The van der Waals surface area contributed by atoms with Crippen molar-refractivity contribution in [3.8, 4) is 0 Å². The van der Waals surface area contributed by atoms with Crippen molar-refractivity contribution in [2.75, 3.05) is 24.5 Å². The van der Waals surface area contributed by atoms with Crippen LogP contribution in [-0.4, -0.2) is 50.9 Å². The van der Waals surface area contributed by atoms with Crippen LogP contribution in [0.4, 0.5) is 16.2 Å². The van der Waals surface area contributed by atoms with Crippen LogP contribution in [0.3, 0.4) is 0 Å². The van der Waals surface area contributed by atoms with E-state index in [0.717, 1.165) is 51.6 Å². The number of amides is 3. The Hall–Kier alpha value is -4.02. The third-order valence-corrected chi connectivity index (χ3v) is 8.48. The zero-order valence-corrected chi connectivity index (χ0v) is 26.4. The van der Waals surface area contributed by atoms with Crippen molar-refractivity contribution in [1.29, 1.82) is 0 Å². The number of urea groups is 1. The van der Waals surface area contributed by atoms with Gasteiger partial charge < -0.3 is 11.1 Å². The van der Waals surface area contributed by atoms with Crippen molar-refractivity contribution in [2.45, 2.75) is 70.9 Å². The van der Waals surface area contributed by atoms with E-state index in [-0.39, 0.29) is 41.5 Å². The lowest BCUT2D eigenvalue weighted by Gasteiger charge is -2.38. The summed E-state index contributed by atoms with van der Waals surface area (Å²) in [6, 6.07) is 23.3. The molecular weight excluding hydrogens is 574 g/mol. The normalized spacial score (nSPS) is 13.9. The summed E-state index contributed by atoms with van der Waals surface area (Å²) in [5.74, 6) is -0.379. The highest BCUT2D eigenvalue weighted by Crippen LogP contribution is 2.36. The molecule has 10 heteroatoms. The largest absolute Gasteiger partial charge is 0.351 e. The lowest BCUT2D eigenvalue weighted by molar-refractivity contribution is 0.0901. The number of primary amides is 1. The number of nitrogens with zero attached hydrogens (tertiary/aromatic N) is 3. The Kier molecular flexibility index (Phi) is 12.1. The minimum atomic E-state index is -2.78. The molecule has 0 aliphatic carbocycles. The third-order valence-electron chi connectivity index (χ3n) is 8.13. The number of hydrogen-bond acceptors (Lipinski definition) is 6. The maximum Gasteiger partial charge on any atom is 0.319 e. The van der Waals surface area contributed by atoms with Crippen LogP contribution in [0.25, 0.3) is 0 Å². The molecule has 0 unspecified atom stereocenters. The Balaban J connectivity index is 1.55. The Morgan fingerprint density at radius 2 is 1.55 bits per heavy atom. The Morgan fingerprint density at radius 3 is 2.09 bits per heavy atom. The predicted octanol–water partition coefficient (Wildman–Crippen LogP) is 6.53. The molecule has 0 saturated carbocycles. The average molecular weight is 618 g/mol. The van der Waals surface area contributed by atoms with E-state index >= 15 is 0 Å². The van der Waals surface area contributed by atoms with Crippen LogP contribution in [0, 0.1) is 6.92 Å². The van der Waals surface area contributed by atoms with Gasteiger partial charge in [-0.3, -0.25) is 14.6 Å². The summed E-state index contributed by atoms with van der Waals surface area (Å²) in [5.41, 5.74) is 9.24. The van der Waals surface area contributed by atoms with Gasteiger partial charge in [0.25, 0.3) is 5.91 Å². The fraction of sp³-hybridized carbons (Fsp3) is 0.412. The van der Waals surface area contributed by atoms with Gasteiger partial charge in [0.15, 0.2) is 0 Å². The molecule has 1 fully saturated rings. The van der Waals surface area contributed by atoms with Crippen LogP contribution in [0.15, 0.2) is 77.2 Å². The van der Waals surface area contributed by atoms with Crippen LogP contribution in [-0.2, 0) is 10.5 Å². The van der Waals surface area contributed by atoms with E-state index in [0.29, 0.717) is 12.0 Å². The van der Waals surface area contributed by atoms with Crippen molar-refractivity contribution >= 4 is 33.8 Å². The molecule has 3 amide bonds. The molecular formula is C34H43N5O4S. The molecule has 0 atom stereocenters. The molecule has 3 aromatic rings. The van der Waals surface area contributed by atoms with Crippen molar-refractivity contribution in [3.05, 3.63) is 95.1 Å². The van der Waals surface area contributed by atoms with E-state index in [1.807, 2.05) is 12.1 Å². The second-order valence-electron chi connectivity index (χ2n) is 11.4. The molecule has 0 spiro atoms. The Labute approximate surface area is 262 Å². The molecule has 1 aliphatic rings. The highest BCUT2D eigenvalue weighted by Gasteiger charge is 2.30. The number of likely N-dealkylation sites (tertiary alicyclic amines) is 1. The number of rotatable bonds is 13. The number of aryl methyl sites for hydroxylation is 1. The van der Waals surface area contributed by atoms with Gasteiger partial charge in [-0.2, -0.15) is 8.42 Å². The molecule has 1 aliphatic heterocycles. The third kappa shape index (κ3) is 8.76. The van der Waals surface area contributed by atoms with Crippen LogP contribution in [0.1, 0.15) is 85.0 Å². The standard InChI is InChI=1S/C34H43N5O4S/c1-3-4-5-6-13-20-39(34(35)41)32-29(23-25(2)24-30(32)37-44(42)43)33(40)36-28-18-21-38(22-19-28)31(26-14-9-7-10-15-26)27-16-11-8-12-17-27/h7-12,14-17,23-24,28,31H,3-6,13,18-22H2,1-2H3,(H2,35,41)(H,36,40). The summed E-state index contributed by atoms with van der Waals surface area (Å²) < 4.78 is 27.0. The van der Waals surface area contributed by atoms with Crippen molar-refractivity contribution < 1.29 is 18.0 Å². The second-order valence-corrected chi connectivity index (χ2v) is 12.0. The molecule has 4 rings (SSSR count). The van der Waals surface area contributed by atoms with E-state index in [1.165, 1.54) is 16.0 Å². The van der Waals surface area contributed by atoms with Crippen molar-refractivity contribution in [1.82, 2.24) is 10.2 Å². The number of nitrogens with two attached hydrogens (primary N) is 1. The smallest absolute Gasteiger partial charge is 0.319 e. The molecule has 0 radical (unpaired) electrons. The molecule has 234 valence electrons. The minimum absolute atomic E-state index is 0.0271. The topological polar surface area (TPSA) is 125 Å². The zero-order chi connectivity index (χ0) is 31.5. The molecule has 0 aromatic heterocycles. The first-order valence-corrected chi connectivity index (χ1v) is 16.5. The fourth-order valence-electron chi connectivity index (χ4n) is 6.02. The van der Waals surface area contributed by atoms with Gasteiger partial charge in [-0.1, -0.05) is 93.3 Å². The van der Waals surface area contributed by atoms with Gasteiger partial charge in [0, 0.05) is 25.7 Å². The first-order chi connectivity index (χ1) is 21.3. The number of piperidine rings is 1. The second kappa shape index (κ2) is 16.2. The molecule has 3 N–H and O–H groups in total. The SMILES string of the molecule is CCCCCCCN(C(N)=O)c1c(N=S(=O)=O)cc(C)cc1C(=O)NC1CCN(C(c2ccccc2)c2ccccc2)CC1. The Bertz CT molecular complexity index is 1490. The van der Waals surface area contributed by atoms with Gasteiger partial charge in [0.1, 0.15) is 5.69 Å². The quantitative estimate of drug-likeness (QED) is 0.211. The van der Waals surface area contributed by atoms with Crippen molar-refractivity contribution in [2.24, 2.45) is 10.1 Å². The first-order valence-electron chi connectivity index (χ1n) is 15.5. The van der Waals surface area contributed by atoms with Gasteiger partial charge in [0.05, 0.1) is 17.3 Å². The molecule has 9 nitrogen and oxygen atoms in total. The highest BCUT2D eigenvalue weighted by molar-refractivity contribution is 7.61. The van der Waals surface area contributed by atoms with E-state index in [2.05, 4.69) is 70.0 Å². The van der Waals surface area contributed by atoms with Crippen molar-refractivity contribution in [3.63, 3.8) is 0 Å². The number of nitrogens with one attached hydrogen (secondary N) is 1. The summed E-state index contributed by atoms with van der Waals surface area (Å²) in [6.07, 6.45) is 6.21. The molecule has 1 heterocycles. The predicted molar refractivity (Wildman–Crippen MR) is 175 cm³/mol. The lowest BCUT2D eigenvalue weighted by Crippen LogP contribution is -2.46. The van der Waals surface area contributed by atoms with Crippen LogP contribution < -0.4 is 16.0 Å². The highest BCUT2D eigenvalue weighted by atomic mass is 32.2. The number of carbonyl (C=O) groups excluding carboxylic acids is 2. The Morgan fingerprint density at radius 1 is 0.955 bits per heavy atom. The summed E-state index contributed by atoms with van der Waals surface area (Å²) in [7, 11) is -2.78. The van der Waals surface area contributed by atoms with Crippen LogP contribution >= 0.6 is 0 Å². The number of carbonyl (C=O) groups is 2. The fourth-order valence-corrected chi connectivity index (χ4v) is 6.32. The van der Waals surface area contributed by atoms with E-state index in [4.69, 9.17) is 5.73 Å². The van der Waals surface area contributed by atoms with Crippen LogP contribution in [0.2, 0.25) is 0 Å². The van der Waals surface area contributed by atoms with Gasteiger partial charge >= 0.3 is 16.5 Å². The number of unbranched alkanes of at least 4 members (excludes halogenated alkanes) is 4. The van der Waals surface area contributed by atoms with Gasteiger partial charge in [-0.05, 0) is 55.0 Å². The minimum Gasteiger partial charge on any atom is -0.351 e. The molecule has 1 saturated heterocycles. The first kappa shape index (κ1) is 32.9. The number of hydrogen-bond donors (Lipinski definition) is 2. The molecule has 44 heavy (non-hydrogen) atoms. The zero-order valence-electron chi connectivity index (χ0n) is 25.6. The summed E-state index contributed by atoms with van der Waals surface area (Å²) in [4.78, 5) is 30.2. The van der Waals surface area contributed by atoms with E-state index in [9.17, 15) is 18.0 Å². The summed E-state index contributed by atoms with van der Waals surface area (Å²) >= 11 is 0. The number of anilines is 1.